The molecule has 0 fully saturated rings. The van der Waals surface area contributed by atoms with Crippen molar-refractivity contribution in [1.82, 2.24) is 34.3 Å². The fraction of sp³-hybridized carbons (Fsp3) is 0.423. The third kappa shape index (κ3) is 6.64. The van der Waals surface area contributed by atoms with Crippen LogP contribution in [0.4, 0.5) is 0 Å². The molecule has 0 N–H and O–H groups in total. The van der Waals surface area contributed by atoms with Crippen molar-refractivity contribution in [2.45, 2.75) is 58.6 Å². The van der Waals surface area contributed by atoms with Crippen molar-refractivity contribution in [2.75, 3.05) is 6.61 Å². The molecule has 0 aliphatic carbocycles. The summed E-state index contributed by atoms with van der Waals surface area (Å²) in [6.07, 6.45) is 7.47. The van der Waals surface area contributed by atoms with Gasteiger partial charge in [0.25, 0.3) is 0 Å². The van der Waals surface area contributed by atoms with Crippen LogP contribution in [0.1, 0.15) is 30.4 Å². The number of benzene rings is 1. The Balaban J connectivity index is 1.53. The van der Waals surface area contributed by atoms with Gasteiger partial charge in [0.05, 0.1) is 12.4 Å². The van der Waals surface area contributed by atoms with Gasteiger partial charge in [0.2, 0.25) is 5.43 Å². The summed E-state index contributed by atoms with van der Waals surface area (Å²) >= 11 is 0. The molecule has 0 aliphatic rings. The van der Waals surface area contributed by atoms with Crippen LogP contribution in [0.15, 0.2) is 53.7 Å². The Bertz CT molecular complexity index is 1370. The molecule has 0 saturated heterocycles. The van der Waals surface area contributed by atoms with Gasteiger partial charge < -0.3 is 4.74 Å². The molecule has 190 valence electrons. The standard InChI is InChI=1S/C26H35N7O2Si/c1-6-8-25-28-26(30-33(25)19-35-13-14-36(3,4)5)21-10-7-9-20(15-21)16-23-24(34)11-12-32(29-23)22-17-27-31(2)18-22/h7,9-12,15,17-18H,6,8,13-14,16,19H2,1-5H3. The lowest BCUT2D eigenvalue weighted by Crippen LogP contribution is -2.22. The van der Waals surface area contributed by atoms with E-state index in [2.05, 4.69) is 36.8 Å². The molecule has 0 amide bonds. The Kier molecular flexibility index (Phi) is 7.95. The van der Waals surface area contributed by atoms with Crippen LogP contribution in [-0.2, 0) is 31.4 Å². The van der Waals surface area contributed by atoms with Gasteiger partial charge in [-0.3, -0.25) is 9.48 Å². The Hall–Kier alpha value is -3.37. The number of hydrogen-bond acceptors (Lipinski definition) is 6. The van der Waals surface area contributed by atoms with E-state index in [0.29, 0.717) is 24.7 Å². The van der Waals surface area contributed by atoms with E-state index in [-0.39, 0.29) is 5.43 Å². The fourth-order valence-electron chi connectivity index (χ4n) is 3.79. The smallest absolute Gasteiger partial charge is 0.203 e. The highest BCUT2D eigenvalue weighted by Gasteiger charge is 2.15. The molecule has 0 atom stereocenters. The van der Waals surface area contributed by atoms with E-state index in [1.807, 2.05) is 42.2 Å². The lowest BCUT2D eigenvalue weighted by Gasteiger charge is -2.15. The third-order valence-corrected chi connectivity index (χ3v) is 7.53. The van der Waals surface area contributed by atoms with Crippen molar-refractivity contribution in [3.63, 3.8) is 0 Å². The third-order valence-electron chi connectivity index (χ3n) is 5.82. The Morgan fingerprint density at radius 3 is 2.67 bits per heavy atom. The van der Waals surface area contributed by atoms with Crippen LogP contribution in [0.25, 0.3) is 17.1 Å². The molecule has 4 aromatic rings. The molecule has 0 bridgehead atoms. The van der Waals surface area contributed by atoms with E-state index in [0.717, 1.165) is 48.1 Å². The summed E-state index contributed by atoms with van der Waals surface area (Å²) in [5.41, 5.74) is 3.07. The van der Waals surface area contributed by atoms with Crippen LogP contribution in [-0.4, -0.2) is 49.0 Å². The molecule has 0 aliphatic heterocycles. The average molecular weight is 506 g/mol. The summed E-state index contributed by atoms with van der Waals surface area (Å²) in [7, 11) is 0.707. The van der Waals surface area contributed by atoms with Crippen molar-refractivity contribution in [3.05, 3.63) is 76.2 Å². The number of nitrogens with zero attached hydrogens (tertiary/aromatic N) is 7. The van der Waals surface area contributed by atoms with Crippen LogP contribution >= 0.6 is 0 Å². The summed E-state index contributed by atoms with van der Waals surface area (Å²) in [6.45, 7) is 10.3. The van der Waals surface area contributed by atoms with E-state index in [4.69, 9.17) is 14.8 Å². The molecule has 4 rings (SSSR count). The summed E-state index contributed by atoms with van der Waals surface area (Å²) in [4.78, 5) is 17.3. The normalized spacial score (nSPS) is 11.8. The predicted octanol–water partition coefficient (Wildman–Crippen LogP) is 4.08. The van der Waals surface area contributed by atoms with Crippen molar-refractivity contribution < 1.29 is 4.74 Å². The molecule has 1 aromatic carbocycles. The molecule has 36 heavy (non-hydrogen) atoms. The van der Waals surface area contributed by atoms with Crippen LogP contribution in [0.5, 0.6) is 0 Å². The van der Waals surface area contributed by atoms with Gasteiger partial charge in [-0.1, -0.05) is 44.8 Å². The monoisotopic (exact) mass is 505 g/mol. The van der Waals surface area contributed by atoms with Crippen molar-refractivity contribution in [2.24, 2.45) is 7.05 Å². The summed E-state index contributed by atoms with van der Waals surface area (Å²) in [6, 6.07) is 10.7. The molecular weight excluding hydrogens is 470 g/mol. The maximum absolute atomic E-state index is 12.5. The summed E-state index contributed by atoms with van der Waals surface area (Å²) in [5.74, 6) is 1.60. The first-order valence-electron chi connectivity index (χ1n) is 12.4. The minimum atomic E-state index is -1.14. The van der Waals surface area contributed by atoms with Gasteiger partial charge >= 0.3 is 0 Å². The molecule has 0 spiro atoms. The topological polar surface area (TPSA) is 92.6 Å². The quantitative estimate of drug-likeness (QED) is 0.225. The average Bonchev–Trinajstić information content (AvgIpc) is 3.44. The van der Waals surface area contributed by atoms with Crippen LogP contribution in [0, 0.1) is 0 Å². The van der Waals surface area contributed by atoms with E-state index in [9.17, 15) is 4.79 Å². The molecule has 0 radical (unpaired) electrons. The maximum atomic E-state index is 12.5. The minimum Gasteiger partial charge on any atom is -0.359 e. The van der Waals surface area contributed by atoms with Crippen LogP contribution in [0.2, 0.25) is 25.7 Å². The first kappa shape index (κ1) is 25.7. The van der Waals surface area contributed by atoms with E-state index in [1.54, 1.807) is 27.8 Å². The highest BCUT2D eigenvalue weighted by molar-refractivity contribution is 6.76. The summed E-state index contributed by atoms with van der Waals surface area (Å²) < 4.78 is 11.2. The van der Waals surface area contributed by atoms with E-state index < -0.39 is 8.07 Å². The van der Waals surface area contributed by atoms with Crippen LogP contribution < -0.4 is 5.43 Å². The zero-order chi connectivity index (χ0) is 25.7. The largest absolute Gasteiger partial charge is 0.359 e. The highest BCUT2D eigenvalue weighted by Crippen LogP contribution is 2.20. The molecule has 0 saturated carbocycles. The van der Waals surface area contributed by atoms with Crippen molar-refractivity contribution >= 4 is 8.07 Å². The number of hydrogen-bond donors (Lipinski definition) is 0. The number of aryl methyl sites for hydroxylation is 2. The van der Waals surface area contributed by atoms with Gasteiger partial charge in [-0.15, -0.1) is 5.10 Å². The lowest BCUT2D eigenvalue weighted by atomic mass is 10.1. The molecule has 0 unspecified atom stereocenters. The Morgan fingerprint density at radius 1 is 1.11 bits per heavy atom. The number of rotatable bonds is 11. The molecule has 10 heteroatoms. The van der Waals surface area contributed by atoms with E-state index in [1.165, 1.54) is 0 Å². The van der Waals surface area contributed by atoms with Crippen LogP contribution in [0.3, 0.4) is 0 Å². The van der Waals surface area contributed by atoms with Gasteiger partial charge in [0.15, 0.2) is 5.82 Å². The zero-order valence-corrected chi connectivity index (χ0v) is 22.8. The van der Waals surface area contributed by atoms with E-state index >= 15 is 0 Å². The Morgan fingerprint density at radius 2 is 1.94 bits per heavy atom. The maximum Gasteiger partial charge on any atom is 0.203 e. The molecule has 9 nitrogen and oxygen atoms in total. The van der Waals surface area contributed by atoms with Crippen molar-refractivity contribution in [1.29, 1.82) is 0 Å². The summed E-state index contributed by atoms with van der Waals surface area (Å²) in [5, 5.41) is 13.5. The second kappa shape index (κ2) is 11.1. The molecule has 3 aromatic heterocycles. The van der Waals surface area contributed by atoms with Gasteiger partial charge in [-0.05, 0) is 24.1 Å². The minimum absolute atomic E-state index is 0.0938. The predicted molar refractivity (Wildman–Crippen MR) is 143 cm³/mol. The number of aromatic nitrogens is 7. The second-order valence-corrected chi connectivity index (χ2v) is 15.9. The number of ether oxygens (including phenoxy) is 1. The first-order valence-corrected chi connectivity index (χ1v) is 16.1. The molecular formula is C26H35N7O2Si. The van der Waals surface area contributed by atoms with Gasteiger partial charge in [0.1, 0.15) is 23.9 Å². The van der Waals surface area contributed by atoms with Gasteiger partial charge in [0, 0.05) is 52.4 Å². The first-order chi connectivity index (χ1) is 17.2. The van der Waals surface area contributed by atoms with Crippen molar-refractivity contribution in [3.8, 4) is 17.1 Å². The SMILES string of the molecule is CCCc1nc(-c2cccc(Cc3nn(-c4cnn(C)c4)ccc3=O)c2)nn1COCC[Si](C)(C)C. The van der Waals surface area contributed by atoms with Gasteiger partial charge in [-0.25, -0.2) is 14.3 Å². The molecule has 3 heterocycles. The Labute approximate surface area is 212 Å². The lowest BCUT2D eigenvalue weighted by molar-refractivity contribution is 0.0762. The fourth-order valence-corrected chi connectivity index (χ4v) is 4.55. The van der Waals surface area contributed by atoms with Gasteiger partial charge in [-0.2, -0.15) is 10.2 Å². The second-order valence-electron chi connectivity index (χ2n) is 10.3. The highest BCUT2D eigenvalue weighted by atomic mass is 28.3. The zero-order valence-electron chi connectivity index (χ0n) is 21.8.